The first kappa shape index (κ1) is 28.3. The molecule has 9 nitrogen and oxygen atoms in total. The number of hydrazine groups is 2. The second-order valence-corrected chi connectivity index (χ2v) is 12.0. The van der Waals surface area contributed by atoms with Crippen LogP contribution in [0.15, 0.2) is 79.1 Å². The Morgan fingerprint density at radius 3 is 2.80 bits per heavy atom. The minimum atomic E-state index is -0.325. The lowest BCUT2D eigenvalue weighted by Crippen LogP contribution is -2.40. The number of rotatable bonds is 10. The van der Waals surface area contributed by atoms with Gasteiger partial charge in [0, 0.05) is 48.5 Å². The van der Waals surface area contributed by atoms with E-state index in [1.165, 1.54) is 0 Å². The van der Waals surface area contributed by atoms with Gasteiger partial charge in [-0.25, -0.2) is 4.68 Å². The molecule has 1 aliphatic heterocycles. The average molecular weight is 570 g/mol. The third-order valence-corrected chi connectivity index (χ3v) is 7.11. The molecular weight excluding hydrogens is 534 g/mol. The van der Waals surface area contributed by atoms with Crippen LogP contribution in [0.3, 0.4) is 0 Å². The fourth-order valence-corrected chi connectivity index (χ4v) is 4.87. The Morgan fingerprint density at radius 2 is 2.15 bits per heavy atom. The summed E-state index contributed by atoms with van der Waals surface area (Å²) in [7, 11) is 0. The first-order chi connectivity index (χ1) is 19.7. The maximum absolute atomic E-state index is 9.85. The molecule has 1 atom stereocenters. The van der Waals surface area contributed by atoms with E-state index in [1.807, 2.05) is 54.2 Å². The minimum absolute atomic E-state index is 0.0113. The fourth-order valence-electron chi connectivity index (χ4n) is 4.60. The molecule has 10 heteroatoms. The van der Waals surface area contributed by atoms with Gasteiger partial charge in [-0.05, 0) is 61.1 Å². The van der Waals surface area contributed by atoms with Crippen molar-refractivity contribution in [1.82, 2.24) is 30.7 Å². The standard InChI is InChI=1S/C31H36ClN9/c1-6-8-24(40-12-7-11-36-40)13-20(2)28(27-18-41(39-38-27)23-9-10-23)37-22-14-25-29(35-19-31(3,4)5)21(16-33)17-34-30(25)26(32)15-22/h6-8,11-15,17-18,23,28,37-39H,2,9-10,19H2,1,3-5H3,(H,34,35)/b8-6-,24-13+/t28-/m0/s1. The van der Waals surface area contributed by atoms with Crippen molar-refractivity contribution in [2.45, 2.75) is 52.6 Å². The lowest BCUT2D eigenvalue weighted by atomic mass is 9.96. The number of nitriles is 1. The van der Waals surface area contributed by atoms with Crippen LogP contribution in [0.1, 0.15) is 46.1 Å². The molecule has 1 aliphatic carbocycles. The summed E-state index contributed by atoms with van der Waals surface area (Å²) >= 11 is 6.79. The maximum atomic E-state index is 9.85. The third-order valence-electron chi connectivity index (χ3n) is 6.82. The smallest absolute Gasteiger partial charge is 0.103 e. The van der Waals surface area contributed by atoms with E-state index in [0.717, 1.165) is 46.6 Å². The first-order valence-electron chi connectivity index (χ1n) is 13.7. The Bertz CT molecular complexity index is 1570. The zero-order valence-electron chi connectivity index (χ0n) is 23.9. The van der Waals surface area contributed by atoms with Crippen LogP contribution in [0.2, 0.25) is 5.02 Å². The zero-order valence-corrected chi connectivity index (χ0v) is 24.6. The van der Waals surface area contributed by atoms with Crippen molar-refractivity contribution in [2.24, 2.45) is 5.41 Å². The summed E-state index contributed by atoms with van der Waals surface area (Å²) in [5.41, 5.74) is 11.8. The topological polar surface area (TPSA) is 106 Å². The second-order valence-electron chi connectivity index (χ2n) is 11.6. The van der Waals surface area contributed by atoms with Gasteiger partial charge in [0.05, 0.1) is 39.2 Å². The van der Waals surface area contributed by atoms with E-state index in [2.05, 4.69) is 76.3 Å². The molecule has 1 aromatic carbocycles. The number of allylic oxidation sites excluding steroid dienone is 3. The number of fused-ring (bicyclic) bond motifs is 1. The van der Waals surface area contributed by atoms with Crippen LogP contribution in [0.4, 0.5) is 11.4 Å². The van der Waals surface area contributed by atoms with E-state index in [4.69, 9.17) is 11.6 Å². The summed E-state index contributed by atoms with van der Waals surface area (Å²) in [6.45, 7) is 13.5. The molecule has 4 N–H and O–H groups in total. The number of hydrogen-bond donors (Lipinski definition) is 4. The number of pyridine rings is 1. The SMILES string of the molecule is C=C(/C=C(\C=C/C)n1cccn1)[C@H](Nc1cc(Cl)c2ncc(C#N)c(NCC(C)(C)C)c2c1)C1=CN(C2CC2)NN1. The van der Waals surface area contributed by atoms with Gasteiger partial charge < -0.3 is 16.1 Å². The Balaban J connectivity index is 1.55. The monoisotopic (exact) mass is 569 g/mol. The molecule has 0 amide bonds. The molecule has 1 fully saturated rings. The molecule has 2 aliphatic rings. The molecule has 3 heterocycles. The van der Waals surface area contributed by atoms with Gasteiger partial charge in [0.15, 0.2) is 0 Å². The quantitative estimate of drug-likeness (QED) is 0.214. The van der Waals surface area contributed by atoms with Crippen LogP contribution in [0.25, 0.3) is 16.6 Å². The van der Waals surface area contributed by atoms with E-state index >= 15 is 0 Å². The van der Waals surface area contributed by atoms with Gasteiger partial charge in [-0.3, -0.25) is 9.99 Å². The van der Waals surface area contributed by atoms with Crippen LogP contribution < -0.4 is 21.6 Å². The highest BCUT2D eigenvalue weighted by Crippen LogP contribution is 2.35. The molecule has 0 unspecified atom stereocenters. The number of aromatic nitrogens is 3. The van der Waals surface area contributed by atoms with E-state index < -0.39 is 0 Å². The van der Waals surface area contributed by atoms with Crippen LogP contribution in [-0.2, 0) is 0 Å². The normalized spacial score (nSPS) is 16.4. The van der Waals surface area contributed by atoms with Crippen LogP contribution >= 0.6 is 11.6 Å². The van der Waals surface area contributed by atoms with Crippen molar-refractivity contribution < 1.29 is 0 Å². The number of halogens is 1. The molecule has 0 bridgehead atoms. The second kappa shape index (κ2) is 11.7. The molecule has 1 saturated carbocycles. The van der Waals surface area contributed by atoms with E-state index in [0.29, 0.717) is 28.7 Å². The van der Waals surface area contributed by atoms with Gasteiger partial charge in [-0.2, -0.15) is 10.4 Å². The highest BCUT2D eigenvalue weighted by molar-refractivity contribution is 6.35. The van der Waals surface area contributed by atoms with E-state index in [9.17, 15) is 5.26 Å². The predicted octanol–water partition coefficient (Wildman–Crippen LogP) is 6.20. The number of anilines is 2. The molecule has 212 valence electrons. The van der Waals surface area contributed by atoms with Crippen LogP contribution in [0.5, 0.6) is 0 Å². The summed E-state index contributed by atoms with van der Waals surface area (Å²) in [5, 5.41) is 24.8. The highest BCUT2D eigenvalue weighted by atomic mass is 35.5. The molecule has 41 heavy (non-hydrogen) atoms. The van der Waals surface area contributed by atoms with E-state index in [1.54, 1.807) is 12.4 Å². The average Bonchev–Trinajstić information content (AvgIpc) is 3.41. The van der Waals surface area contributed by atoms with Gasteiger partial charge >= 0.3 is 0 Å². The summed E-state index contributed by atoms with van der Waals surface area (Å²) in [6.07, 6.45) is 15.6. The zero-order chi connectivity index (χ0) is 29.1. The Morgan fingerprint density at radius 1 is 1.34 bits per heavy atom. The number of nitrogens with one attached hydrogen (secondary N) is 4. The minimum Gasteiger partial charge on any atom is -0.383 e. The molecular formula is C31H36ClN9. The van der Waals surface area contributed by atoms with Gasteiger partial charge in [0.2, 0.25) is 0 Å². The molecule has 3 aromatic rings. The fraction of sp³-hybridized carbons (Fsp3) is 0.323. The molecule has 0 spiro atoms. The summed E-state index contributed by atoms with van der Waals surface area (Å²) in [6, 6.07) is 8.18. The van der Waals surface area contributed by atoms with Gasteiger partial charge in [-0.1, -0.05) is 45.0 Å². The largest absolute Gasteiger partial charge is 0.383 e. The summed E-state index contributed by atoms with van der Waals surface area (Å²) in [4.78, 5) is 4.51. The predicted molar refractivity (Wildman–Crippen MR) is 166 cm³/mol. The van der Waals surface area contributed by atoms with E-state index in [-0.39, 0.29) is 11.5 Å². The Hall–Kier alpha value is -4.26. The molecule has 0 radical (unpaired) electrons. The number of nitrogens with zero attached hydrogens (tertiary/aromatic N) is 5. The van der Waals surface area contributed by atoms with Crippen LogP contribution in [-0.4, -0.2) is 38.4 Å². The van der Waals surface area contributed by atoms with Gasteiger partial charge in [0.1, 0.15) is 6.07 Å². The Labute approximate surface area is 246 Å². The lowest BCUT2D eigenvalue weighted by molar-refractivity contribution is 0.260. The lowest BCUT2D eigenvalue weighted by Gasteiger charge is -2.24. The van der Waals surface area contributed by atoms with Crippen molar-refractivity contribution in [3.8, 4) is 6.07 Å². The number of benzene rings is 1. The van der Waals surface area contributed by atoms with Gasteiger partial charge in [0.25, 0.3) is 0 Å². The Kier molecular flexibility index (Phi) is 8.06. The summed E-state index contributed by atoms with van der Waals surface area (Å²) in [5.74, 6) is 0. The van der Waals surface area contributed by atoms with Crippen LogP contribution in [0, 0.1) is 16.7 Å². The van der Waals surface area contributed by atoms with Crippen molar-refractivity contribution in [3.63, 3.8) is 0 Å². The first-order valence-corrected chi connectivity index (χ1v) is 14.1. The third kappa shape index (κ3) is 6.56. The molecule has 2 aromatic heterocycles. The molecule has 5 rings (SSSR count). The van der Waals surface area contributed by atoms with Crippen molar-refractivity contribution >= 4 is 39.6 Å². The van der Waals surface area contributed by atoms with Crippen molar-refractivity contribution in [2.75, 3.05) is 17.2 Å². The van der Waals surface area contributed by atoms with Gasteiger partial charge in [-0.15, -0.1) is 5.53 Å². The molecule has 0 saturated heterocycles. The maximum Gasteiger partial charge on any atom is 0.103 e. The van der Waals surface area contributed by atoms with Crippen molar-refractivity contribution in [1.29, 1.82) is 5.26 Å². The summed E-state index contributed by atoms with van der Waals surface area (Å²) < 4.78 is 1.81. The van der Waals surface area contributed by atoms with Crippen molar-refractivity contribution in [3.05, 3.63) is 89.7 Å². The highest BCUT2D eigenvalue weighted by Gasteiger charge is 2.32. The number of hydrogen-bond acceptors (Lipinski definition) is 8.